The van der Waals surface area contributed by atoms with Gasteiger partial charge in [-0.1, -0.05) is 34.6 Å². The molecule has 2 N–H and O–H groups in total. The minimum atomic E-state index is -0.295. The third kappa shape index (κ3) is 2.90. The summed E-state index contributed by atoms with van der Waals surface area (Å²) in [5.74, 6) is 0.824. The van der Waals surface area contributed by atoms with Gasteiger partial charge < -0.3 is 15.2 Å². The Hall–Kier alpha value is -0.120. The molecule has 4 unspecified atom stereocenters. The lowest BCUT2D eigenvalue weighted by atomic mass is 9.70. The zero-order chi connectivity index (χ0) is 15.0. The van der Waals surface area contributed by atoms with E-state index >= 15 is 0 Å². The van der Waals surface area contributed by atoms with Crippen molar-refractivity contribution >= 4 is 0 Å². The Bertz CT molecular complexity index is 329. The van der Waals surface area contributed by atoms with Gasteiger partial charge in [-0.3, -0.25) is 0 Å². The second kappa shape index (κ2) is 5.94. The van der Waals surface area contributed by atoms with Crippen molar-refractivity contribution in [1.82, 2.24) is 5.32 Å². The van der Waals surface area contributed by atoms with Gasteiger partial charge in [0, 0.05) is 19.2 Å². The first-order chi connectivity index (χ1) is 9.27. The lowest BCUT2D eigenvalue weighted by molar-refractivity contribution is -0.0546. The number of rotatable bonds is 7. The highest BCUT2D eigenvalue weighted by Gasteiger charge is 2.61. The maximum Gasteiger partial charge on any atom is 0.0686 e. The predicted molar refractivity (Wildman–Crippen MR) is 82.7 cm³/mol. The predicted octanol–water partition coefficient (Wildman–Crippen LogP) is 2.97. The van der Waals surface area contributed by atoms with E-state index in [1.54, 1.807) is 0 Å². The average molecular weight is 283 g/mol. The first kappa shape index (κ1) is 16.3. The van der Waals surface area contributed by atoms with E-state index in [9.17, 15) is 5.11 Å². The second-order valence-electron chi connectivity index (χ2n) is 7.98. The average Bonchev–Trinajstić information content (AvgIpc) is 2.69. The number of ether oxygens (including phenoxy) is 1. The first-order valence-electron chi connectivity index (χ1n) is 8.30. The summed E-state index contributed by atoms with van der Waals surface area (Å²) in [5.41, 5.74) is 0.744. The van der Waals surface area contributed by atoms with Gasteiger partial charge >= 0.3 is 0 Å². The van der Waals surface area contributed by atoms with Crippen molar-refractivity contribution in [1.29, 1.82) is 0 Å². The Labute approximate surface area is 124 Å². The van der Waals surface area contributed by atoms with Crippen LogP contribution in [-0.2, 0) is 4.74 Å². The minimum Gasteiger partial charge on any atom is -0.392 e. The highest BCUT2D eigenvalue weighted by atomic mass is 16.5. The van der Waals surface area contributed by atoms with Gasteiger partial charge in [0.05, 0.1) is 12.2 Å². The molecule has 0 aromatic carbocycles. The topological polar surface area (TPSA) is 41.5 Å². The van der Waals surface area contributed by atoms with Crippen LogP contribution in [0.25, 0.3) is 0 Å². The molecule has 0 saturated heterocycles. The minimum absolute atomic E-state index is 0.295. The molecule has 0 aromatic rings. The van der Waals surface area contributed by atoms with Gasteiger partial charge in [-0.2, -0.15) is 0 Å². The van der Waals surface area contributed by atoms with E-state index in [4.69, 9.17) is 4.74 Å². The van der Waals surface area contributed by atoms with E-state index in [1.165, 1.54) is 19.3 Å². The van der Waals surface area contributed by atoms with Crippen LogP contribution in [0.15, 0.2) is 0 Å². The molecule has 3 nitrogen and oxygen atoms in total. The van der Waals surface area contributed by atoms with Crippen molar-refractivity contribution in [3.63, 3.8) is 0 Å². The van der Waals surface area contributed by atoms with Crippen molar-refractivity contribution in [2.24, 2.45) is 16.7 Å². The van der Waals surface area contributed by atoms with Crippen molar-refractivity contribution in [3.05, 3.63) is 0 Å². The van der Waals surface area contributed by atoms with Crippen LogP contribution >= 0.6 is 0 Å². The molecule has 0 radical (unpaired) electrons. The van der Waals surface area contributed by atoms with Crippen LogP contribution in [0.1, 0.15) is 60.3 Å². The summed E-state index contributed by atoms with van der Waals surface area (Å²) >= 11 is 0. The summed E-state index contributed by atoms with van der Waals surface area (Å²) in [6, 6.07) is 0.427. The highest BCUT2D eigenvalue weighted by Crippen LogP contribution is 2.66. The summed E-state index contributed by atoms with van der Waals surface area (Å²) < 4.78 is 6.17. The van der Waals surface area contributed by atoms with Crippen molar-refractivity contribution in [2.45, 2.75) is 78.6 Å². The lowest BCUT2D eigenvalue weighted by Gasteiger charge is -2.39. The molecule has 3 heteroatoms. The van der Waals surface area contributed by atoms with Crippen molar-refractivity contribution in [3.8, 4) is 0 Å². The zero-order valence-corrected chi connectivity index (χ0v) is 13.9. The standard InChI is InChI=1S/C17H33NO2/c1-12(2)18-11-14(19)7-9-20-15-10-13-6-8-17(15,5)16(13,3)4/h12-15,18-19H,6-11H2,1-5H3. The molecule has 20 heavy (non-hydrogen) atoms. The van der Waals surface area contributed by atoms with E-state index in [0.717, 1.165) is 12.3 Å². The summed E-state index contributed by atoms with van der Waals surface area (Å²) in [7, 11) is 0. The van der Waals surface area contributed by atoms with Gasteiger partial charge in [-0.15, -0.1) is 0 Å². The molecular weight excluding hydrogens is 250 g/mol. The molecule has 2 bridgehead atoms. The Kier molecular flexibility index (Phi) is 4.83. The normalized spacial score (nSPS) is 36.8. The van der Waals surface area contributed by atoms with E-state index in [-0.39, 0.29) is 6.10 Å². The lowest BCUT2D eigenvalue weighted by Crippen LogP contribution is -2.38. The fourth-order valence-corrected chi connectivity index (χ4v) is 4.20. The molecule has 2 saturated carbocycles. The number of aliphatic hydroxyl groups is 1. The summed E-state index contributed by atoms with van der Waals surface area (Å²) in [6.07, 6.45) is 4.71. The number of nitrogens with one attached hydrogen (secondary N) is 1. The molecule has 2 fully saturated rings. The zero-order valence-electron chi connectivity index (χ0n) is 13.9. The van der Waals surface area contributed by atoms with Gasteiger partial charge in [0.15, 0.2) is 0 Å². The van der Waals surface area contributed by atoms with Crippen LogP contribution in [0.2, 0.25) is 0 Å². The number of fused-ring (bicyclic) bond motifs is 2. The molecule has 0 spiro atoms. The molecule has 0 aliphatic heterocycles. The summed E-state index contributed by atoms with van der Waals surface area (Å²) in [5, 5.41) is 13.2. The van der Waals surface area contributed by atoms with E-state index < -0.39 is 0 Å². The van der Waals surface area contributed by atoms with Crippen LogP contribution in [0.3, 0.4) is 0 Å². The van der Waals surface area contributed by atoms with Gasteiger partial charge in [0.25, 0.3) is 0 Å². The van der Waals surface area contributed by atoms with E-state index in [0.29, 0.717) is 36.1 Å². The third-order valence-corrected chi connectivity index (χ3v) is 6.25. The summed E-state index contributed by atoms with van der Waals surface area (Å²) in [6.45, 7) is 12.8. The third-order valence-electron chi connectivity index (χ3n) is 6.25. The van der Waals surface area contributed by atoms with Crippen molar-refractivity contribution in [2.75, 3.05) is 13.2 Å². The SMILES string of the molecule is CC(C)NCC(O)CCOC1CC2CCC1(C)C2(C)C. The first-order valence-corrected chi connectivity index (χ1v) is 8.30. The number of aliphatic hydroxyl groups excluding tert-OH is 1. The highest BCUT2D eigenvalue weighted by molar-refractivity contribution is 5.11. The molecular formula is C17H33NO2. The van der Waals surface area contributed by atoms with Gasteiger partial charge in [-0.25, -0.2) is 0 Å². The van der Waals surface area contributed by atoms with E-state index in [1.807, 2.05) is 0 Å². The fourth-order valence-electron chi connectivity index (χ4n) is 4.20. The number of hydrogen-bond donors (Lipinski definition) is 2. The Morgan fingerprint density at radius 3 is 2.50 bits per heavy atom. The molecule has 2 aliphatic rings. The van der Waals surface area contributed by atoms with Crippen LogP contribution in [0.5, 0.6) is 0 Å². The molecule has 0 heterocycles. The van der Waals surface area contributed by atoms with Crippen LogP contribution in [0.4, 0.5) is 0 Å². The largest absolute Gasteiger partial charge is 0.392 e. The van der Waals surface area contributed by atoms with Crippen molar-refractivity contribution < 1.29 is 9.84 Å². The van der Waals surface area contributed by atoms with Gasteiger partial charge in [0.1, 0.15) is 0 Å². The molecule has 0 aromatic heterocycles. The molecule has 4 atom stereocenters. The Morgan fingerprint density at radius 1 is 1.30 bits per heavy atom. The summed E-state index contributed by atoms with van der Waals surface area (Å²) in [4.78, 5) is 0. The molecule has 2 rings (SSSR count). The molecule has 118 valence electrons. The fraction of sp³-hybridized carbons (Fsp3) is 1.00. The molecule has 2 aliphatic carbocycles. The van der Waals surface area contributed by atoms with Crippen LogP contribution in [0, 0.1) is 16.7 Å². The Morgan fingerprint density at radius 2 is 2.00 bits per heavy atom. The van der Waals surface area contributed by atoms with Gasteiger partial charge in [-0.05, 0) is 42.4 Å². The maximum atomic E-state index is 9.93. The molecule has 0 amide bonds. The Balaban J connectivity index is 1.73. The van der Waals surface area contributed by atoms with Gasteiger partial charge in [0.2, 0.25) is 0 Å². The van der Waals surface area contributed by atoms with Crippen LogP contribution in [-0.4, -0.2) is 36.5 Å². The maximum absolute atomic E-state index is 9.93. The second-order valence-corrected chi connectivity index (χ2v) is 7.98. The quantitative estimate of drug-likeness (QED) is 0.755. The number of hydrogen-bond acceptors (Lipinski definition) is 3. The smallest absolute Gasteiger partial charge is 0.0686 e. The van der Waals surface area contributed by atoms with Crippen LogP contribution < -0.4 is 5.32 Å². The monoisotopic (exact) mass is 283 g/mol. The van der Waals surface area contributed by atoms with E-state index in [2.05, 4.69) is 39.9 Å².